The molecule has 0 spiro atoms. The summed E-state index contributed by atoms with van der Waals surface area (Å²) in [6.07, 6.45) is -0.434. The van der Waals surface area contributed by atoms with E-state index in [-0.39, 0.29) is 22.1 Å². The van der Waals surface area contributed by atoms with Gasteiger partial charge in [0.05, 0.1) is 17.1 Å². The summed E-state index contributed by atoms with van der Waals surface area (Å²) in [6, 6.07) is 19.8. The number of nitrogens with one attached hydrogen (secondary N) is 1. The first-order chi connectivity index (χ1) is 14.4. The molecule has 0 amide bonds. The third kappa shape index (κ3) is 5.33. The van der Waals surface area contributed by atoms with E-state index in [0.717, 1.165) is 0 Å². The molecule has 9 heteroatoms. The second kappa shape index (κ2) is 9.53. The van der Waals surface area contributed by atoms with Crippen molar-refractivity contribution in [2.45, 2.75) is 6.42 Å². The number of carboxylic acid groups (broad SMARTS) is 1. The van der Waals surface area contributed by atoms with Crippen LogP contribution in [-0.2, 0) is 4.79 Å². The van der Waals surface area contributed by atoms with Crippen molar-refractivity contribution in [3.05, 3.63) is 93.5 Å². The first-order valence-electron chi connectivity index (χ1n) is 8.74. The van der Waals surface area contributed by atoms with Crippen LogP contribution in [0.1, 0.15) is 12.0 Å². The summed E-state index contributed by atoms with van der Waals surface area (Å²) >= 11 is 5.93. The van der Waals surface area contributed by atoms with Crippen molar-refractivity contribution in [1.82, 2.24) is 0 Å². The Kier molecular flexibility index (Phi) is 6.61. The number of para-hydroxylation sites is 2. The number of anilines is 1. The van der Waals surface area contributed by atoms with Crippen LogP contribution >= 0.6 is 11.6 Å². The number of nitro benzene ring substituents is 1. The van der Waals surface area contributed by atoms with Gasteiger partial charge in [-0.2, -0.15) is 5.10 Å². The molecule has 0 saturated carbocycles. The summed E-state index contributed by atoms with van der Waals surface area (Å²) in [4.78, 5) is 22.1. The Morgan fingerprint density at radius 1 is 1.10 bits per heavy atom. The average molecular weight is 426 g/mol. The van der Waals surface area contributed by atoms with E-state index in [9.17, 15) is 20.0 Å². The number of carboxylic acids is 1. The van der Waals surface area contributed by atoms with Crippen LogP contribution in [0.15, 0.2) is 77.9 Å². The normalized spacial score (nSPS) is 11.0. The average Bonchev–Trinajstić information content (AvgIpc) is 2.72. The summed E-state index contributed by atoms with van der Waals surface area (Å²) in [5, 5.41) is 25.0. The van der Waals surface area contributed by atoms with Gasteiger partial charge in [-0.3, -0.25) is 20.3 Å². The molecule has 3 aromatic rings. The van der Waals surface area contributed by atoms with E-state index in [4.69, 9.17) is 16.3 Å². The van der Waals surface area contributed by atoms with E-state index >= 15 is 0 Å². The number of halogens is 1. The molecule has 0 aliphatic heterocycles. The minimum atomic E-state index is -1.12. The fourth-order valence-electron chi connectivity index (χ4n) is 2.63. The van der Waals surface area contributed by atoms with Crippen molar-refractivity contribution in [2.75, 3.05) is 5.43 Å². The van der Waals surface area contributed by atoms with Crippen LogP contribution in [0.5, 0.6) is 11.5 Å². The number of benzene rings is 3. The Hall–Kier alpha value is -3.91. The van der Waals surface area contributed by atoms with Gasteiger partial charge < -0.3 is 9.84 Å². The number of aliphatic carboxylic acids is 1. The molecule has 0 fully saturated rings. The summed E-state index contributed by atoms with van der Waals surface area (Å²) in [5.74, 6) is -0.158. The van der Waals surface area contributed by atoms with E-state index in [2.05, 4.69) is 10.5 Å². The highest BCUT2D eigenvalue weighted by Gasteiger charge is 2.17. The predicted octanol–water partition coefficient (Wildman–Crippen LogP) is 5.33. The van der Waals surface area contributed by atoms with Crippen molar-refractivity contribution >= 4 is 34.7 Å². The van der Waals surface area contributed by atoms with Gasteiger partial charge in [0, 0.05) is 16.7 Å². The fraction of sp³-hybridized carbons (Fsp3) is 0.0476. The Balaban J connectivity index is 1.99. The van der Waals surface area contributed by atoms with E-state index in [1.54, 1.807) is 36.4 Å². The van der Waals surface area contributed by atoms with Crippen molar-refractivity contribution in [3.63, 3.8) is 0 Å². The summed E-state index contributed by atoms with van der Waals surface area (Å²) in [5.41, 5.74) is 2.93. The third-order valence-electron chi connectivity index (χ3n) is 3.95. The molecule has 0 aromatic heterocycles. The molecule has 0 radical (unpaired) electrons. The fourth-order valence-corrected chi connectivity index (χ4v) is 2.80. The molecule has 0 bridgehead atoms. The molecule has 152 valence electrons. The molecule has 0 atom stereocenters. The maximum atomic E-state index is 11.4. The van der Waals surface area contributed by atoms with Crippen molar-refractivity contribution in [3.8, 4) is 11.5 Å². The van der Waals surface area contributed by atoms with Gasteiger partial charge in [0.15, 0.2) is 0 Å². The smallest absolute Gasteiger partial charge is 0.309 e. The van der Waals surface area contributed by atoms with Crippen molar-refractivity contribution in [2.24, 2.45) is 5.10 Å². The molecular formula is C21H16ClN3O5. The van der Waals surface area contributed by atoms with Crippen molar-refractivity contribution in [1.29, 1.82) is 0 Å². The summed E-state index contributed by atoms with van der Waals surface area (Å²) in [7, 11) is 0. The lowest BCUT2D eigenvalue weighted by Gasteiger charge is -2.13. The number of rotatable bonds is 8. The lowest BCUT2D eigenvalue weighted by Crippen LogP contribution is -2.12. The van der Waals surface area contributed by atoms with Crippen LogP contribution in [0.4, 0.5) is 11.4 Å². The topological polar surface area (TPSA) is 114 Å². The van der Waals surface area contributed by atoms with Crippen LogP contribution in [0.25, 0.3) is 0 Å². The third-order valence-corrected chi connectivity index (χ3v) is 4.19. The Labute approximate surface area is 176 Å². The predicted molar refractivity (Wildman–Crippen MR) is 113 cm³/mol. The van der Waals surface area contributed by atoms with Gasteiger partial charge >= 0.3 is 5.97 Å². The number of nitrogens with zero attached hydrogens (tertiary/aromatic N) is 2. The minimum Gasteiger partial charge on any atom is -0.481 e. The summed E-state index contributed by atoms with van der Waals surface area (Å²) < 4.78 is 5.87. The van der Waals surface area contributed by atoms with Gasteiger partial charge in [-0.25, -0.2) is 0 Å². The molecule has 0 aliphatic carbocycles. The molecule has 3 aromatic carbocycles. The maximum absolute atomic E-state index is 11.4. The van der Waals surface area contributed by atoms with E-state index in [1.165, 1.54) is 18.2 Å². The Morgan fingerprint density at radius 2 is 1.80 bits per heavy atom. The van der Waals surface area contributed by atoms with Gasteiger partial charge in [0.1, 0.15) is 17.2 Å². The number of hydrogen-bond acceptors (Lipinski definition) is 6. The second-order valence-corrected chi connectivity index (χ2v) is 6.51. The minimum absolute atomic E-state index is 0.0387. The van der Waals surface area contributed by atoms with Crippen LogP contribution in [0.3, 0.4) is 0 Å². The zero-order valence-corrected chi connectivity index (χ0v) is 16.2. The number of carbonyl (C=O) groups is 1. The van der Waals surface area contributed by atoms with Crippen LogP contribution in [-0.4, -0.2) is 21.7 Å². The largest absolute Gasteiger partial charge is 0.481 e. The van der Waals surface area contributed by atoms with Gasteiger partial charge in [-0.15, -0.1) is 0 Å². The lowest BCUT2D eigenvalue weighted by atomic mass is 10.1. The van der Waals surface area contributed by atoms with Gasteiger partial charge in [-0.05, 0) is 36.4 Å². The molecule has 30 heavy (non-hydrogen) atoms. The number of hydrazone groups is 1. The van der Waals surface area contributed by atoms with Crippen molar-refractivity contribution < 1.29 is 19.6 Å². The number of nitro groups is 1. The molecule has 0 saturated heterocycles. The van der Waals surface area contributed by atoms with E-state index < -0.39 is 17.3 Å². The van der Waals surface area contributed by atoms with E-state index in [1.807, 2.05) is 18.2 Å². The highest BCUT2D eigenvalue weighted by atomic mass is 35.5. The molecule has 8 nitrogen and oxygen atoms in total. The molecule has 2 N–H and O–H groups in total. The second-order valence-electron chi connectivity index (χ2n) is 6.07. The quantitative estimate of drug-likeness (QED) is 0.286. The molecule has 0 heterocycles. The zero-order valence-electron chi connectivity index (χ0n) is 15.5. The first kappa shape index (κ1) is 20.8. The summed E-state index contributed by atoms with van der Waals surface area (Å²) in [6.45, 7) is 0. The van der Waals surface area contributed by atoms with Crippen LogP contribution in [0.2, 0.25) is 5.02 Å². The highest BCUT2D eigenvalue weighted by molar-refractivity contribution is 6.31. The molecular weight excluding hydrogens is 410 g/mol. The molecule has 0 aliphatic rings. The van der Waals surface area contributed by atoms with Crippen LogP contribution in [0, 0.1) is 10.1 Å². The number of ether oxygens (including phenoxy) is 1. The monoisotopic (exact) mass is 425 g/mol. The SMILES string of the molecule is O=C(O)C/C(=N/Nc1cc(Cl)ccc1[N+](=O)[O-])c1ccccc1Oc1ccccc1. The maximum Gasteiger partial charge on any atom is 0.309 e. The number of hydrogen-bond donors (Lipinski definition) is 2. The zero-order chi connectivity index (χ0) is 21.5. The van der Waals surface area contributed by atoms with Gasteiger partial charge in [0.25, 0.3) is 5.69 Å². The molecule has 3 rings (SSSR count). The Bertz CT molecular complexity index is 1100. The van der Waals surface area contributed by atoms with E-state index in [0.29, 0.717) is 17.1 Å². The first-order valence-corrected chi connectivity index (χ1v) is 9.12. The van der Waals surface area contributed by atoms with Crippen LogP contribution < -0.4 is 10.2 Å². The van der Waals surface area contributed by atoms with Gasteiger partial charge in [0.2, 0.25) is 0 Å². The standard InChI is InChI=1S/C21H16ClN3O5/c22-14-10-11-19(25(28)29)18(12-14)24-23-17(13-21(26)27)16-8-4-5-9-20(16)30-15-6-2-1-3-7-15/h1-12,24H,13H2,(H,26,27)/b23-17-. The van der Waals surface area contributed by atoms with Gasteiger partial charge in [-0.1, -0.05) is 41.9 Å². The highest BCUT2D eigenvalue weighted by Crippen LogP contribution is 2.29. The lowest BCUT2D eigenvalue weighted by molar-refractivity contribution is -0.384. The Morgan fingerprint density at radius 3 is 2.50 bits per heavy atom. The molecule has 0 unspecified atom stereocenters.